The van der Waals surface area contributed by atoms with E-state index in [9.17, 15) is 0 Å². The lowest BCUT2D eigenvalue weighted by Gasteiger charge is -2.13. The Labute approximate surface area is 110 Å². The average Bonchev–Trinajstić information content (AvgIpc) is 2.75. The van der Waals surface area contributed by atoms with Gasteiger partial charge in [0.2, 0.25) is 5.89 Å². The van der Waals surface area contributed by atoms with Crippen molar-refractivity contribution in [3.05, 3.63) is 11.7 Å². The Morgan fingerprint density at radius 3 is 2.33 bits per heavy atom. The molecule has 1 fully saturated rings. The monoisotopic (exact) mass is 250 g/mol. The lowest BCUT2D eigenvalue weighted by Crippen LogP contribution is -2.03. The zero-order chi connectivity index (χ0) is 12.8. The summed E-state index contributed by atoms with van der Waals surface area (Å²) in [6.07, 6.45) is 12.0. The molecule has 1 saturated carbocycles. The van der Waals surface area contributed by atoms with E-state index in [-0.39, 0.29) is 0 Å². The molecule has 18 heavy (non-hydrogen) atoms. The number of aryl methyl sites for hydroxylation is 1. The first kappa shape index (κ1) is 13.6. The summed E-state index contributed by atoms with van der Waals surface area (Å²) in [6.45, 7) is 4.27. The minimum Gasteiger partial charge on any atom is -0.340 e. The van der Waals surface area contributed by atoms with Crippen LogP contribution in [0.1, 0.15) is 82.3 Å². The van der Waals surface area contributed by atoms with Crippen LogP contribution in [0.4, 0.5) is 0 Å². The highest BCUT2D eigenvalue weighted by Gasteiger charge is 2.18. The van der Waals surface area contributed by atoms with Crippen molar-refractivity contribution < 1.29 is 4.52 Å². The number of hydrogen-bond donors (Lipinski definition) is 0. The van der Waals surface area contributed by atoms with Crippen molar-refractivity contribution in [1.82, 2.24) is 10.1 Å². The maximum Gasteiger partial charge on any atom is 0.223 e. The van der Waals surface area contributed by atoms with Crippen molar-refractivity contribution in [2.24, 2.45) is 5.92 Å². The zero-order valence-electron chi connectivity index (χ0n) is 11.8. The fraction of sp³-hybridized carbons (Fsp3) is 0.867. The smallest absolute Gasteiger partial charge is 0.223 e. The molecule has 0 aliphatic heterocycles. The van der Waals surface area contributed by atoms with E-state index in [0.717, 1.165) is 11.7 Å². The van der Waals surface area contributed by atoms with E-state index in [2.05, 4.69) is 17.1 Å². The Kier molecular flexibility index (Phi) is 5.21. The second-order valence-corrected chi connectivity index (χ2v) is 5.90. The molecule has 1 heterocycles. The van der Waals surface area contributed by atoms with Gasteiger partial charge in [-0.25, -0.2) is 0 Å². The van der Waals surface area contributed by atoms with Crippen molar-refractivity contribution in [2.45, 2.75) is 77.6 Å². The van der Waals surface area contributed by atoms with Crippen LogP contribution in [0, 0.1) is 12.8 Å². The van der Waals surface area contributed by atoms with Gasteiger partial charge < -0.3 is 4.52 Å². The summed E-state index contributed by atoms with van der Waals surface area (Å²) in [5.74, 6) is 3.05. The van der Waals surface area contributed by atoms with Crippen LogP contribution in [0.15, 0.2) is 4.52 Å². The molecule has 0 amide bonds. The SMILES string of the molecule is Cc1nc(C2CCCCCCC(C)CCC2)no1. The van der Waals surface area contributed by atoms with Crippen LogP contribution in [-0.4, -0.2) is 10.1 Å². The Balaban J connectivity index is 1.94. The predicted octanol–water partition coefficient (Wildman–Crippen LogP) is 4.62. The van der Waals surface area contributed by atoms with Crippen molar-refractivity contribution in [3.63, 3.8) is 0 Å². The molecule has 0 aromatic carbocycles. The van der Waals surface area contributed by atoms with Crippen LogP contribution in [0.25, 0.3) is 0 Å². The molecule has 1 aromatic rings. The highest BCUT2D eigenvalue weighted by Crippen LogP contribution is 2.29. The number of hydrogen-bond acceptors (Lipinski definition) is 3. The molecule has 3 heteroatoms. The van der Waals surface area contributed by atoms with E-state index in [1.807, 2.05) is 6.92 Å². The fourth-order valence-corrected chi connectivity index (χ4v) is 2.98. The minimum atomic E-state index is 0.521. The highest BCUT2D eigenvalue weighted by molar-refractivity contribution is 4.94. The second-order valence-electron chi connectivity index (χ2n) is 5.90. The average molecular weight is 250 g/mol. The van der Waals surface area contributed by atoms with Crippen LogP contribution < -0.4 is 0 Å². The molecule has 0 saturated heterocycles. The van der Waals surface area contributed by atoms with Gasteiger partial charge in [0, 0.05) is 12.8 Å². The van der Waals surface area contributed by atoms with E-state index >= 15 is 0 Å². The van der Waals surface area contributed by atoms with Crippen LogP contribution in [0.3, 0.4) is 0 Å². The molecule has 0 bridgehead atoms. The molecule has 1 aliphatic carbocycles. The van der Waals surface area contributed by atoms with Gasteiger partial charge in [-0.2, -0.15) is 4.98 Å². The zero-order valence-corrected chi connectivity index (χ0v) is 11.8. The summed E-state index contributed by atoms with van der Waals surface area (Å²) in [5.41, 5.74) is 0. The topological polar surface area (TPSA) is 38.9 Å². The number of rotatable bonds is 1. The molecule has 1 aliphatic rings. The van der Waals surface area contributed by atoms with Gasteiger partial charge in [-0.05, 0) is 18.8 Å². The van der Waals surface area contributed by atoms with Gasteiger partial charge in [-0.15, -0.1) is 0 Å². The molecular weight excluding hydrogens is 224 g/mol. The minimum absolute atomic E-state index is 0.521. The van der Waals surface area contributed by atoms with Gasteiger partial charge in [0.15, 0.2) is 5.82 Å². The van der Waals surface area contributed by atoms with Crippen LogP contribution >= 0.6 is 0 Å². The molecule has 0 N–H and O–H groups in total. The third kappa shape index (κ3) is 4.11. The highest BCUT2D eigenvalue weighted by atomic mass is 16.5. The van der Waals surface area contributed by atoms with Gasteiger partial charge in [-0.3, -0.25) is 0 Å². The van der Waals surface area contributed by atoms with Crippen LogP contribution in [0.2, 0.25) is 0 Å². The summed E-state index contributed by atoms with van der Waals surface area (Å²) in [7, 11) is 0. The van der Waals surface area contributed by atoms with Crippen molar-refractivity contribution in [1.29, 1.82) is 0 Å². The quantitative estimate of drug-likeness (QED) is 0.730. The lowest BCUT2D eigenvalue weighted by atomic mass is 9.93. The van der Waals surface area contributed by atoms with Crippen LogP contribution in [-0.2, 0) is 0 Å². The molecule has 102 valence electrons. The van der Waals surface area contributed by atoms with Crippen molar-refractivity contribution in [3.8, 4) is 0 Å². The molecule has 2 rings (SSSR count). The Bertz CT molecular complexity index is 348. The molecule has 0 radical (unpaired) electrons. The molecule has 3 nitrogen and oxygen atoms in total. The van der Waals surface area contributed by atoms with E-state index in [1.54, 1.807) is 0 Å². The first-order valence-corrected chi connectivity index (χ1v) is 7.56. The van der Waals surface area contributed by atoms with Gasteiger partial charge in [-0.1, -0.05) is 57.0 Å². The summed E-state index contributed by atoms with van der Waals surface area (Å²) in [4.78, 5) is 4.43. The Morgan fingerprint density at radius 1 is 0.944 bits per heavy atom. The number of nitrogens with zero attached hydrogens (tertiary/aromatic N) is 2. The van der Waals surface area contributed by atoms with E-state index < -0.39 is 0 Å². The maximum atomic E-state index is 5.13. The second kappa shape index (κ2) is 6.91. The third-order valence-corrected chi connectivity index (χ3v) is 4.16. The normalized spacial score (nSPS) is 27.7. The summed E-state index contributed by atoms with van der Waals surface area (Å²) in [6, 6.07) is 0. The lowest BCUT2D eigenvalue weighted by molar-refractivity contribution is 0.375. The van der Waals surface area contributed by atoms with E-state index in [1.165, 1.54) is 57.8 Å². The van der Waals surface area contributed by atoms with Crippen LogP contribution in [0.5, 0.6) is 0 Å². The largest absolute Gasteiger partial charge is 0.340 e. The third-order valence-electron chi connectivity index (χ3n) is 4.16. The maximum absolute atomic E-state index is 5.13. The molecule has 2 atom stereocenters. The van der Waals surface area contributed by atoms with Gasteiger partial charge in [0.1, 0.15) is 0 Å². The first-order chi connectivity index (χ1) is 8.75. The van der Waals surface area contributed by atoms with Gasteiger partial charge in [0.25, 0.3) is 0 Å². The fourth-order valence-electron chi connectivity index (χ4n) is 2.98. The summed E-state index contributed by atoms with van der Waals surface area (Å²) >= 11 is 0. The molecular formula is C15H26N2O. The Morgan fingerprint density at radius 2 is 1.61 bits per heavy atom. The number of aromatic nitrogens is 2. The Hall–Kier alpha value is -0.860. The van der Waals surface area contributed by atoms with Gasteiger partial charge in [0.05, 0.1) is 0 Å². The molecule has 0 spiro atoms. The van der Waals surface area contributed by atoms with Gasteiger partial charge >= 0.3 is 0 Å². The van der Waals surface area contributed by atoms with E-state index in [0.29, 0.717) is 11.8 Å². The molecule has 2 unspecified atom stereocenters. The summed E-state index contributed by atoms with van der Waals surface area (Å²) in [5, 5.41) is 4.12. The first-order valence-electron chi connectivity index (χ1n) is 7.56. The van der Waals surface area contributed by atoms with Crippen molar-refractivity contribution >= 4 is 0 Å². The standard InChI is InChI=1S/C15H26N2O/c1-12-8-5-3-4-6-10-14(11-7-9-12)15-16-13(2)18-17-15/h12,14H,3-11H2,1-2H3. The summed E-state index contributed by atoms with van der Waals surface area (Å²) < 4.78 is 5.13. The van der Waals surface area contributed by atoms with E-state index in [4.69, 9.17) is 4.52 Å². The predicted molar refractivity (Wildman–Crippen MR) is 72.5 cm³/mol. The van der Waals surface area contributed by atoms with Crippen molar-refractivity contribution in [2.75, 3.05) is 0 Å². The molecule has 1 aromatic heterocycles.